The average molecular weight is 351 g/mol. The monoisotopic (exact) mass is 351 g/mol. The maximum absolute atomic E-state index is 12.5. The van der Waals surface area contributed by atoms with Gasteiger partial charge in [-0.05, 0) is 37.5 Å². The number of carbonyl (C=O) groups is 1. The standard InChI is InChI=1S/C18H25NO6/c1-3-5-25-14-8-11-9(7-13(14)24-4-2)10-6-12(20)16(21)17(22)15(10)19-18(11)23/h7-8,10,12,15-17,20-22H,3-6H2,1-2H3,(H,19,23)/t10-,12+,15-,16-,17+/m0/s1. The summed E-state index contributed by atoms with van der Waals surface area (Å²) in [5.41, 5.74) is 1.15. The summed E-state index contributed by atoms with van der Waals surface area (Å²) in [5, 5.41) is 32.9. The average Bonchev–Trinajstić information content (AvgIpc) is 2.60. The van der Waals surface area contributed by atoms with E-state index in [4.69, 9.17) is 9.47 Å². The smallest absolute Gasteiger partial charge is 0.252 e. The van der Waals surface area contributed by atoms with Gasteiger partial charge in [-0.1, -0.05) is 6.92 Å². The van der Waals surface area contributed by atoms with Crippen LogP contribution in [0.1, 0.15) is 48.5 Å². The van der Waals surface area contributed by atoms with Crippen molar-refractivity contribution >= 4 is 5.91 Å². The first-order chi connectivity index (χ1) is 12.0. The number of nitrogens with one attached hydrogen (secondary N) is 1. The molecule has 7 heteroatoms. The highest BCUT2D eigenvalue weighted by atomic mass is 16.5. The zero-order valence-electron chi connectivity index (χ0n) is 14.4. The molecular weight excluding hydrogens is 326 g/mol. The fourth-order valence-corrected chi connectivity index (χ4v) is 3.63. The molecule has 4 N–H and O–H groups in total. The minimum absolute atomic E-state index is 0.247. The number of rotatable bonds is 5. The Hall–Kier alpha value is -1.83. The van der Waals surface area contributed by atoms with Crippen LogP contribution >= 0.6 is 0 Å². The molecule has 0 unspecified atom stereocenters. The van der Waals surface area contributed by atoms with Gasteiger partial charge in [0.25, 0.3) is 5.91 Å². The Morgan fingerprint density at radius 3 is 2.52 bits per heavy atom. The largest absolute Gasteiger partial charge is 0.490 e. The minimum Gasteiger partial charge on any atom is -0.490 e. The highest BCUT2D eigenvalue weighted by Crippen LogP contribution is 2.42. The second-order valence-corrected chi connectivity index (χ2v) is 6.56. The van der Waals surface area contributed by atoms with Crippen molar-refractivity contribution in [1.82, 2.24) is 5.32 Å². The topological polar surface area (TPSA) is 108 Å². The summed E-state index contributed by atoms with van der Waals surface area (Å²) >= 11 is 0. The van der Waals surface area contributed by atoms with Crippen LogP contribution in [0.2, 0.25) is 0 Å². The number of aliphatic hydroxyl groups is 3. The molecule has 1 aromatic carbocycles. The SMILES string of the molecule is CCCOc1cc2c(cc1OCC)[C@@H]1C[C@@H](O)[C@H](O)[C@H](O)[C@H]1NC2=O. The van der Waals surface area contributed by atoms with E-state index in [9.17, 15) is 20.1 Å². The zero-order valence-corrected chi connectivity index (χ0v) is 14.4. The second kappa shape index (κ2) is 7.19. The molecule has 1 aliphatic heterocycles. The summed E-state index contributed by atoms with van der Waals surface area (Å²) < 4.78 is 11.4. The van der Waals surface area contributed by atoms with Gasteiger partial charge in [-0.25, -0.2) is 0 Å². The third-order valence-electron chi connectivity index (χ3n) is 4.86. The maximum Gasteiger partial charge on any atom is 0.252 e. The molecule has 1 aromatic rings. The first kappa shape index (κ1) is 18.0. The van der Waals surface area contributed by atoms with Gasteiger partial charge in [0.15, 0.2) is 11.5 Å². The van der Waals surface area contributed by atoms with Crippen LogP contribution in [-0.4, -0.2) is 58.8 Å². The molecule has 2 aliphatic rings. The number of benzene rings is 1. The minimum atomic E-state index is -1.28. The highest BCUT2D eigenvalue weighted by molar-refractivity contribution is 5.98. The lowest BCUT2D eigenvalue weighted by Crippen LogP contribution is -2.61. The van der Waals surface area contributed by atoms with Gasteiger partial charge in [0, 0.05) is 11.5 Å². The molecule has 1 amide bonds. The van der Waals surface area contributed by atoms with Gasteiger partial charge in [-0.15, -0.1) is 0 Å². The summed E-state index contributed by atoms with van der Waals surface area (Å²) in [7, 11) is 0. The van der Waals surface area contributed by atoms with E-state index in [2.05, 4.69) is 5.32 Å². The molecule has 25 heavy (non-hydrogen) atoms. The lowest BCUT2D eigenvalue weighted by molar-refractivity contribution is -0.104. The molecule has 1 fully saturated rings. The quantitative estimate of drug-likeness (QED) is 0.617. The molecule has 0 aromatic heterocycles. The number of carbonyl (C=O) groups excluding carboxylic acids is 1. The molecule has 0 radical (unpaired) electrons. The summed E-state index contributed by atoms with van der Waals surface area (Å²) in [4.78, 5) is 12.5. The first-order valence-electron chi connectivity index (χ1n) is 8.76. The van der Waals surface area contributed by atoms with Crippen LogP contribution in [0.15, 0.2) is 12.1 Å². The van der Waals surface area contributed by atoms with Crippen molar-refractivity contribution in [3.05, 3.63) is 23.3 Å². The fraction of sp³-hybridized carbons (Fsp3) is 0.611. The van der Waals surface area contributed by atoms with E-state index >= 15 is 0 Å². The Labute approximate surface area is 146 Å². The maximum atomic E-state index is 12.5. The predicted molar refractivity (Wildman–Crippen MR) is 90.0 cm³/mol. The lowest BCUT2D eigenvalue weighted by Gasteiger charge is -2.44. The number of ether oxygens (including phenoxy) is 2. The van der Waals surface area contributed by atoms with Gasteiger partial charge in [-0.2, -0.15) is 0 Å². The van der Waals surface area contributed by atoms with E-state index in [0.717, 1.165) is 6.42 Å². The van der Waals surface area contributed by atoms with Crippen molar-refractivity contribution in [3.63, 3.8) is 0 Å². The van der Waals surface area contributed by atoms with Crippen LogP contribution < -0.4 is 14.8 Å². The molecule has 138 valence electrons. The van der Waals surface area contributed by atoms with E-state index in [1.165, 1.54) is 0 Å². The van der Waals surface area contributed by atoms with Crippen LogP contribution in [0.5, 0.6) is 11.5 Å². The summed E-state index contributed by atoms with van der Waals surface area (Å²) in [6.07, 6.45) is -2.48. The molecule has 7 nitrogen and oxygen atoms in total. The van der Waals surface area contributed by atoms with Crippen LogP contribution in [0.4, 0.5) is 0 Å². The molecular formula is C18H25NO6. The highest BCUT2D eigenvalue weighted by Gasteiger charge is 2.47. The van der Waals surface area contributed by atoms with Gasteiger partial charge < -0.3 is 30.1 Å². The number of hydrogen-bond acceptors (Lipinski definition) is 6. The van der Waals surface area contributed by atoms with Gasteiger partial charge in [-0.3, -0.25) is 4.79 Å². The predicted octanol–water partition coefficient (Wildman–Crippen LogP) is 0.556. The Balaban J connectivity index is 2.03. The Bertz CT molecular complexity index is 649. The molecule has 5 atom stereocenters. The summed E-state index contributed by atoms with van der Waals surface area (Å²) in [5.74, 6) is 0.412. The normalized spacial score (nSPS) is 30.9. The van der Waals surface area contributed by atoms with E-state index in [1.807, 2.05) is 13.8 Å². The number of fused-ring (bicyclic) bond motifs is 3. The Morgan fingerprint density at radius 2 is 1.84 bits per heavy atom. The van der Waals surface area contributed by atoms with Crippen LogP contribution in [-0.2, 0) is 0 Å². The van der Waals surface area contributed by atoms with Gasteiger partial charge in [0.2, 0.25) is 0 Å². The van der Waals surface area contributed by atoms with Crippen molar-refractivity contribution in [1.29, 1.82) is 0 Å². The molecule has 1 heterocycles. The Kier molecular flexibility index (Phi) is 5.17. The molecule has 0 saturated heterocycles. The van der Waals surface area contributed by atoms with Crippen LogP contribution in [0.25, 0.3) is 0 Å². The van der Waals surface area contributed by atoms with Crippen molar-refractivity contribution in [2.75, 3.05) is 13.2 Å². The molecule has 0 bridgehead atoms. The number of hydrogen-bond donors (Lipinski definition) is 4. The zero-order chi connectivity index (χ0) is 18.1. The van der Waals surface area contributed by atoms with Crippen LogP contribution in [0, 0.1) is 0 Å². The van der Waals surface area contributed by atoms with E-state index < -0.39 is 24.4 Å². The second-order valence-electron chi connectivity index (χ2n) is 6.56. The van der Waals surface area contributed by atoms with Crippen LogP contribution in [0.3, 0.4) is 0 Å². The van der Waals surface area contributed by atoms with Gasteiger partial charge in [0.1, 0.15) is 12.2 Å². The van der Waals surface area contributed by atoms with Gasteiger partial charge >= 0.3 is 0 Å². The lowest BCUT2D eigenvalue weighted by atomic mass is 9.72. The van der Waals surface area contributed by atoms with E-state index in [1.54, 1.807) is 12.1 Å². The molecule has 1 aliphatic carbocycles. The Morgan fingerprint density at radius 1 is 1.12 bits per heavy atom. The third kappa shape index (κ3) is 3.19. The molecule has 3 rings (SSSR count). The van der Waals surface area contributed by atoms with Crippen molar-refractivity contribution in [3.8, 4) is 11.5 Å². The van der Waals surface area contributed by atoms with E-state index in [0.29, 0.717) is 35.8 Å². The van der Waals surface area contributed by atoms with Crippen molar-refractivity contribution in [2.24, 2.45) is 0 Å². The number of aliphatic hydroxyl groups excluding tert-OH is 3. The molecule has 1 saturated carbocycles. The van der Waals surface area contributed by atoms with Crippen molar-refractivity contribution in [2.45, 2.75) is 57.0 Å². The molecule has 0 spiro atoms. The summed E-state index contributed by atoms with van der Waals surface area (Å²) in [6, 6.07) is 2.78. The summed E-state index contributed by atoms with van der Waals surface area (Å²) in [6.45, 7) is 4.82. The van der Waals surface area contributed by atoms with Gasteiger partial charge in [0.05, 0.1) is 25.4 Å². The fourth-order valence-electron chi connectivity index (χ4n) is 3.63. The van der Waals surface area contributed by atoms with Crippen molar-refractivity contribution < 1.29 is 29.6 Å². The third-order valence-corrected chi connectivity index (χ3v) is 4.86. The first-order valence-corrected chi connectivity index (χ1v) is 8.76. The number of amides is 1. The van der Waals surface area contributed by atoms with E-state index in [-0.39, 0.29) is 18.2 Å².